The van der Waals surface area contributed by atoms with E-state index in [1.54, 1.807) is 54.6 Å². The van der Waals surface area contributed by atoms with Crippen LogP contribution in [0.2, 0.25) is 0 Å². The van der Waals surface area contributed by atoms with Crippen LogP contribution in [0, 0.1) is 10.1 Å². The quantitative estimate of drug-likeness (QED) is 0.403. The number of rotatable bonds is 6. The van der Waals surface area contributed by atoms with Crippen molar-refractivity contribution in [1.82, 2.24) is 4.57 Å². The van der Waals surface area contributed by atoms with Gasteiger partial charge in [0.15, 0.2) is 5.78 Å². The Morgan fingerprint density at radius 3 is 2.36 bits per heavy atom. The Kier molecular flexibility index (Phi) is 5.40. The largest absolute Gasteiger partial charge is 0.324 e. The number of anilines is 1. The highest BCUT2D eigenvalue weighted by Crippen LogP contribution is 2.19. The summed E-state index contributed by atoms with van der Waals surface area (Å²) in [6, 6.07) is 17.2. The molecule has 0 saturated carbocycles. The van der Waals surface area contributed by atoms with Crippen LogP contribution in [-0.2, 0) is 11.3 Å². The molecular weight excluding hydrogens is 362 g/mol. The predicted molar refractivity (Wildman–Crippen MR) is 102 cm³/mol. The average Bonchev–Trinajstić information content (AvgIpc) is 2.70. The average molecular weight is 377 g/mol. The summed E-state index contributed by atoms with van der Waals surface area (Å²) in [4.78, 5) is 47.1. The van der Waals surface area contributed by atoms with Gasteiger partial charge in [-0.25, -0.2) is 0 Å². The molecule has 0 radical (unpaired) electrons. The molecule has 0 spiro atoms. The van der Waals surface area contributed by atoms with Crippen LogP contribution in [0.15, 0.2) is 77.7 Å². The molecule has 1 N–H and O–H groups in total. The third-order valence-corrected chi connectivity index (χ3v) is 3.97. The molecule has 0 unspecified atom stereocenters. The van der Waals surface area contributed by atoms with Crippen molar-refractivity contribution in [2.45, 2.75) is 6.54 Å². The fraction of sp³-hybridized carbons (Fsp3) is 0.0500. The number of para-hydroxylation sites is 1. The molecule has 0 bridgehead atoms. The first kappa shape index (κ1) is 18.7. The maximum Gasteiger partial charge on any atom is 0.285 e. The number of benzene rings is 2. The molecular formula is C20H15N3O5. The van der Waals surface area contributed by atoms with Crippen molar-refractivity contribution in [3.8, 4) is 0 Å². The summed E-state index contributed by atoms with van der Waals surface area (Å²) < 4.78 is 0.940. The van der Waals surface area contributed by atoms with Gasteiger partial charge < -0.3 is 5.32 Å². The minimum Gasteiger partial charge on any atom is -0.324 e. The molecule has 0 fully saturated rings. The van der Waals surface area contributed by atoms with E-state index in [1.165, 1.54) is 0 Å². The molecule has 1 amide bonds. The summed E-state index contributed by atoms with van der Waals surface area (Å²) >= 11 is 0. The van der Waals surface area contributed by atoms with E-state index in [-0.39, 0.29) is 11.5 Å². The Balaban J connectivity index is 1.82. The van der Waals surface area contributed by atoms with Gasteiger partial charge in [0.05, 0.1) is 16.8 Å². The van der Waals surface area contributed by atoms with Crippen molar-refractivity contribution >= 4 is 23.1 Å². The van der Waals surface area contributed by atoms with Crippen molar-refractivity contribution in [3.63, 3.8) is 0 Å². The monoisotopic (exact) mass is 377 g/mol. The molecule has 2 aromatic carbocycles. The number of nitrogens with zero attached hydrogens (tertiary/aromatic N) is 2. The second kappa shape index (κ2) is 8.09. The number of carbonyl (C=O) groups is 2. The van der Waals surface area contributed by atoms with Gasteiger partial charge in [0.2, 0.25) is 5.91 Å². The number of pyridine rings is 1. The normalized spacial score (nSPS) is 10.3. The first-order valence-corrected chi connectivity index (χ1v) is 8.29. The van der Waals surface area contributed by atoms with Gasteiger partial charge in [0.25, 0.3) is 11.2 Å². The lowest BCUT2D eigenvalue weighted by atomic mass is 10.0. The van der Waals surface area contributed by atoms with Crippen LogP contribution < -0.4 is 10.9 Å². The minimum absolute atomic E-state index is 0.260. The summed E-state index contributed by atoms with van der Waals surface area (Å²) in [6.07, 6.45) is 1.00. The SMILES string of the molecule is O=C(Cn1cc([N+](=O)[O-])ccc1=O)Nc1ccccc1C(=O)c1ccccc1. The standard InChI is InChI=1S/C20H15N3O5/c24-18(13-22-12-15(23(27)28)10-11-19(22)25)21-17-9-5-4-8-16(17)20(26)14-6-2-1-3-7-14/h1-12H,13H2,(H,21,24). The molecule has 28 heavy (non-hydrogen) atoms. The second-order valence-corrected chi connectivity index (χ2v) is 5.90. The van der Waals surface area contributed by atoms with Crippen LogP contribution >= 0.6 is 0 Å². The molecule has 3 rings (SSSR count). The van der Waals surface area contributed by atoms with Gasteiger partial charge in [0, 0.05) is 23.3 Å². The number of hydrogen-bond acceptors (Lipinski definition) is 5. The van der Waals surface area contributed by atoms with E-state index >= 15 is 0 Å². The maximum atomic E-state index is 12.7. The number of aromatic nitrogens is 1. The molecule has 8 heteroatoms. The molecule has 140 valence electrons. The van der Waals surface area contributed by atoms with E-state index in [2.05, 4.69) is 5.32 Å². The highest BCUT2D eigenvalue weighted by molar-refractivity contribution is 6.13. The van der Waals surface area contributed by atoms with Crippen LogP contribution in [0.5, 0.6) is 0 Å². The lowest BCUT2D eigenvalue weighted by Gasteiger charge is -2.11. The summed E-state index contributed by atoms with van der Waals surface area (Å²) in [5, 5.41) is 13.4. The van der Waals surface area contributed by atoms with Crippen molar-refractivity contribution < 1.29 is 14.5 Å². The van der Waals surface area contributed by atoms with Gasteiger partial charge >= 0.3 is 0 Å². The van der Waals surface area contributed by atoms with E-state index in [0.29, 0.717) is 16.8 Å². The lowest BCUT2D eigenvalue weighted by Crippen LogP contribution is -2.27. The van der Waals surface area contributed by atoms with Gasteiger partial charge in [0.1, 0.15) is 6.54 Å². The first-order chi connectivity index (χ1) is 13.5. The Hall–Kier alpha value is -4.07. The van der Waals surface area contributed by atoms with Crippen LogP contribution in [0.25, 0.3) is 0 Å². The molecule has 3 aromatic rings. The summed E-state index contributed by atoms with van der Waals surface area (Å²) in [6.45, 7) is -0.422. The highest BCUT2D eigenvalue weighted by atomic mass is 16.6. The smallest absolute Gasteiger partial charge is 0.285 e. The maximum absolute atomic E-state index is 12.7. The fourth-order valence-corrected chi connectivity index (χ4v) is 2.63. The van der Waals surface area contributed by atoms with Gasteiger partial charge in [-0.05, 0) is 12.1 Å². The highest BCUT2D eigenvalue weighted by Gasteiger charge is 2.16. The summed E-state index contributed by atoms with van der Waals surface area (Å²) in [5.41, 5.74) is 0.217. The number of carbonyl (C=O) groups excluding carboxylic acids is 2. The van der Waals surface area contributed by atoms with Crippen molar-refractivity contribution in [2.24, 2.45) is 0 Å². The van der Waals surface area contributed by atoms with E-state index in [1.807, 2.05) is 0 Å². The molecule has 0 saturated heterocycles. The van der Waals surface area contributed by atoms with Crippen molar-refractivity contribution in [2.75, 3.05) is 5.32 Å². The molecule has 1 aromatic heterocycles. The molecule has 0 aliphatic carbocycles. The van der Waals surface area contributed by atoms with Crippen LogP contribution in [0.3, 0.4) is 0 Å². The fourth-order valence-electron chi connectivity index (χ4n) is 2.63. The molecule has 1 heterocycles. The number of nitrogens with one attached hydrogen (secondary N) is 1. The topological polar surface area (TPSA) is 111 Å². The molecule has 8 nitrogen and oxygen atoms in total. The third kappa shape index (κ3) is 4.18. The minimum atomic E-state index is -0.651. The number of amides is 1. The summed E-state index contributed by atoms with van der Waals surface area (Å²) in [7, 11) is 0. The first-order valence-electron chi connectivity index (χ1n) is 8.29. The van der Waals surface area contributed by atoms with E-state index < -0.39 is 22.9 Å². The Morgan fingerprint density at radius 1 is 0.964 bits per heavy atom. The predicted octanol–water partition coefficient (Wildman–Crippen LogP) is 2.63. The molecule has 0 aliphatic heterocycles. The van der Waals surface area contributed by atoms with E-state index in [0.717, 1.165) is 22.9 Å². The zero-order chi connectivity index (χ0) is 20.1. The molecule has 0 atom stereocenters. The number of ketones is 1. The van der Waals surface area contributed by atoms with E-state index in [9.17, 15) is 24.5 Å². The van der Waals surface area contributed by atoms with Gasteiger partial charge in [-0.2, -0.15) is 0 Å². The summed E-state index contributed by atoms with van der Waals surface area (Å²) in [5.74, 6) is -0.847. The Morgan fingerprint density at radius 2 is 1.64 bits per heavy atom. The zero-order valence-corrected chi connectivity index (χ0v) is 14.6. The van der Waals surface area contributed by atoms with Crippen molar-refractivity contribution in [3.05, 3.63) is 105 Å². The lowest BCUT2D eigenvalue weighted by molar-refractivity contribution is -0.385. The Bertz CT molecular complexity index is 1110. The zero-order valence-electron chi connectivity index (χ0n) is 14.6. The number of hydrogen-bond donors (Lipinski definition) is 1. The third-order valence-electron chi connectivity index (χ3n) is 3.97. The van der Waals surface area contributed by atoms with Gasteiger partial charge in [-0.15, -0.1) is 0 Å². The van der Waals surface area contributed by atoms with Gasteiger partial charge in [-0.1, -0.05) is 42.5 Å². The van der Waals surface area contributed by atoms with Gasteiger partial charge in [-0.3, -0.25) is 29.1 Å². The second-order valence-electron chi connectivity index (χ2n) is 5.90. The number of nitro groups is 1. The van der Waals surface area contributed by atoms with Crippen molar-refractivity contribution in [1.29, 1.82) is 0 Å². The van der Waals surface area contributed by atoms with Crippen LogP contribution in [-0.4, -0.2) is 21.2 Å². The van der Waals surface area contributed by atoms with E-state index in [4.69, 9.17) is 0 Å². The van der Waals surface area contributed by atoms with Crippen LogP contribution in [0.1, 0.15) is 15.9 Å². The Labute approximate surface area is 159 Å². The molecule has 0 aliphatic rings. The van der Waals surface area contributed by atoms with Crippen LogP contribution in [0.4, 0.5) is 11.4 Å².